The molecule has 136 valence electrons. The highest BCUT2D eigenvalue weighted by atomic mass is 16.4. The number of nitrogens with two attached hydrogens (primary N) is 1. The molecule has 1 aliphatic rings. The van der Waals surface area contributed by atoms with Crippen molar-refractivity contribution in [2.24, 2.45) is 5.73 Å². The lowest BCUT2D eigenvalue weighted by Crippen LogP contribution is -2.32. The van der Waals surface area contributed by atoms with E-state index in [0.717, 1.165) is 23.2 Å². The quantitative estimate of drug-likeness (QED) is 0.479. The van der Waals surface area contributed by atoms with Crippen molar-refractivity contribution >= 4 is 28.9 Å². The van der Waals surface area contributed by atoms with Crippen LogP contribution in [0.25, 0.3) is 17.1 Å². The zero-order chi connectivity index (χ0) is 19.6. The van der Waals surface area contributed by atoms with Gasteiger partial charge in [-0.15, -0.1) is 0 Å². The fourth-order valence-corrected chi connectivity index (χ4v) is 2.45. The maximum Gasteiger partial charge on any atom is 0.339 e. The number of carbonyl (C=O) groups excluding carboxylic acids is 1. The Hall–Kier alpha value is -3.78. The molecule has 27 heavy (non-hydrogen) atoms. The molecule has 0 radical (unpaired) electrons. The summed E-state index contributed by atoms with van der Waals surface area (Å²) < 4.78 is 0. The first-order valence-corrected chi connectivity index (χ1v) is 7.87. The number of Topliss-reactive ketones (excluding diaryl/α,β-unsaturated/α-hetero) is 1. The number of carboxylic acids is 1. The first-order valence-electron chi connectivity index (χ1n) is 7.87. The number of ketones is 1. The number of rotatable bonds is 1. The third kappa shape index (κ3) is 3.75. The predicted molar refractivity (Wildman–Crippen MR) is 97.6 cm³/mol. The van der Waals surface area contributed by atoms with Crippen LogP contribution in [0.1, 0.15) is 26.5 Å². The first-order chi connectivity index (χ1) is 12.9. The van der Waals surface area contributed by atoms with E-state index in [1.807, 2.05) is 24.3 Å². The summed E-state index contributed by atoms with van der Waals surface area (Å²) in [6, 6.07) is 10.2. The summed E-state index contributed by atoms with van der Waals surface area (Å²) in [5, 5.41) is 26.1. The monoisotopic (exact) mass is 365 g/mol. The third-order valence-electron chi connectivity index (χ3n) is 3.81. The van der Waals surface area contributed by atoms with Gasteiger partial charge in [-0.1, -0.05) is 18.2 Å². The molecule has 5 N–H and O–H groups in total. The number of benzene rings is 2. The molecule has 0 spiro atoms. The van der Waals surface area contributed by atoms with E-state index in [2.05, 4.69) is 9.97 Å². The van der Waals surface area contributed by atoms with Gasteiger partial charge in [-0.3, -0.25) is 4.79 Å². The average molecular weight is 365 g/mol. The topological polar surface area (TPSA) is 147 Å². The minimum atomic E-state index is -1.27. The summed E-state index contributed by atoms with van der Waals surface area (Å²) in [5.74, 6) is -1.97. The van der Waals surface area contributed by atoms with E-state index in [9.17, 15) is 9.59 Å². The number of aromatic hydroxyl groups is 2. The molecule has 8 heteroatoms. The number of aromatic nitrogens is 2. The molecule has 0 bridgehead atoms. The maximum absolute atomic E-state index is 11.8. The number of para-hydroxylation sites is 2. The number of hydrogen-bond acceptors (Lipinski definition) is 7. The Morgan fingerprint density at radius 2 is 1.70 bits per heavy atom. The van der Waals surface area contributed by atoms with Crippen LogP contribution in [0.2, 0.25) is 0 Å². The van der Waals surface area contributed by atoms with Gasteiger partial charge in [0.2, 0.25) is 5.78 Å². The van der Waals surface area contributed by atoms with E-state index in [0.29, 0.717) is 11.4 Å². The SMILES string of the molecule is NC1C=Cc2nc3ccccc3nc2C1=O.O=C(O)c1cc(O)ccc1O. The van der Waals surface area contributed by atoms with Gasteiger partial charge in [-0.05, 0) is 36.4 Å². The van der Waals surface area contributed by atoms with Crippen LogP contribution in [0.4, 0.5) is 0 Å². The van der Waals surface area contributed by atoms with E-state index in [1.54, 1.807) is 12.2 Å². The van der Waals surface area contributed by atoms with Gasteiger partial charge in [-0.2, -0.15) is 0 Å². The van der Waals surface area contributed by atoms with Gasteiger partial charge in [0.15, 0.2) is 0 Å². The van der Waals surface area contributed by atoms with Gasteiger partial charge in [0.25, 0.3) is 0 Å². The first kappa shape index (κ1) is 18.0. The minimum absolute atomic E-state index is 0.171. The Morgan fingerprint density at radius 1 is 1.04 bits per heavy atom. The third-order valence-corrected chi connectivity index (χ3v) is 3.81. The van der Waals surface area contributed by atoms with Crippen LogP contribution < -0.4 is 5.73 Å². The van der Waals surface area contributed by atoms with Gasteiger partial charge in [-0.25, -0.2) is 14.8 Å². The van der Waals surface area contributed by atoms with Crippen molar-refractivity contribution < 1.29 is 24.9 Å². The fraction of sp³-hybridized carbons (Fsp3) is 0.0526. The van der Waals surface area contributed by atoms with Crippen LogP contribution in [0.15, 0.2) is 48.5 Å². The Kier molecular flexibility index (Phi) is 4.82. The number of aromatic carboxylic acids is 1. The van der Waals surface area contributed by atoms with Crippen molar-refractivity contribution in [2.75, 3.05) is 0 Å². The van der Waals surface area contributed by atoms with Crippen molar-refractivity contribution in [3.63, 3.8) is 0 Å². The molecule has 1 heterocycles. The molecule has 0 aliphatic heterocycles. The second-order valence-electron chi connectivity index (χ2n) is 5.70. The van der Waals surface area contributed by atoms with Gasteiger partial charge >= 0.3 is 5.97 Å². The average Bonchev–Trinajstić information content (AvgIpc) is 2.66. The normalized spacial score (nSPS) is 15.0. The lowest BCUT2D eigenvalue weighted by atomic mass is 10.0. The largest absolute Gasteiger partial charge is 0.508 e. The Balaban J connectivity index is 0.000000168. The lowest BCUT2D eigenvalue weighted by molar-refractivity contribution is 0.0693. The van der Waals surface area contributed by atoms with E-state index >= 15 is 0 Å². The number of fused-ring (bicyclic) bond motifs is 2. The summed E-state index contributed by atoms with van der Waals surface area (Å²) in [4.78, 5) is 30.8. The van der Waals surface area contributed by atoms with Gasteiger partial charge in [0.1, 0.15) is 22.8 Å². The number of carboxylic acid groups (broad SMARTS) is 1. The number of nitrogens with zero attached hydrogens (tertiary/aromatic N) is 2. The predicted octanol–water partition coefficient (Wildman–Crippen LogP) is 1.96. The zero-order valence-corrected chi connectivity index (χ0v) is 13.9. The number of carbonyl (C=O) groups is 2. The molecule has 1 aliphatic carbocycles. The summed E-state index contributed by atoms with van der Waals surface area (Å²) in [6.07, 6.45) is 3.40. The highest BCUT2D eigenvalue weighted by Gasteiger charge is 2.23. The molecule has 1 atom stereocenters. The molecule has 1 aromatic heterocycles. The van der Waals surface area contributed by atoms with Gasteiger partial charge in [0, 0.05) is 0 Å². The lowest BCUT2D eigenvalue weighted by Gasteiger charge is -2.13. The van der Waals surface area contributed by atoms with Crippen LogP contribution in [0.3, 0.4) is 0 Å². The molecular formula is C19H15N3O5. The molecular weight excluding hydrogens is 350 g/mol. The second kappa shape index (κ2) is 7.22. The highest BCUT2D eigenvalue weighted by molar-refractivity contribution is 6.05. The van der Waals surface area contributed by atoms with Crippen molar-refractivity contribution in [1.29, 1.82) is 0 Å². The van der Waals surface area contributed by atoms with E-state index in [1.165, 1.54) is 6.07 Å². The van der Waals surface area contributed by atoms with Gasteiger partial charge < -0.3 is 21.1 Å². The number of hydrogen-bond donors (Lipinski definition) is 4. The molecule has 0 saturated heterocycles. The molecule has 0 fully saturated rings. The molecule has 2 aromatic carbocycles. The minimum Gasteiger partial charge on any atom is -0.508 e. The fourth-order valence-electron chi connectivity index (χ4n) is 2.45. The molecule has 0 amide bonds. The van der Waals surface area contributed by atoms with Crippen molar-refractivity contribution in [3.8, 4) is 11.5 Å². The molecule has 4 rings (SSSR count). The van der Waals surface area contributed by atoms with Crippen LogP contribution in [0.5, 0.6) is 11.5 Å². The van der Waals surface area contributed by atoms with Crippen LogP contribution in [-0.2, 0) is 0 Å². The van der Waals surface area contributed by atoms with Crippen molar-refractivity contribution in [3.05, 3.63) is 65.5 Å². The summed E-state index contributed by atoms with van der Waals surface area (Å²) >= 11 is 0. The Morgan fingerprint density at radius 3 is 2.33 bits per heavy atom. The van der Waals surface area contributed by atoms with Crippen molar-refractivity contribution in [1.82, 2.24) is 9.97 Å². The molecule has 3 aromatic rings. The molecule has 8 nitrogen and oxygen atoms in total. The van der Waals surface area contributed by atoms with E-state index < -0.39 is 12.0 Å². The maximum atomic E-state index is 11.8. The van der Waals surface area contributed by atoms with E-state index in [4.69, 9.17) is 21.1 Å². The van der Waals surface area contributed by atoms with Crippen LogP contribution in [-0.4, -0.2) is 43.1 Å². The van der Waals surface area contributed by atoms with Crippen molar-refractivity contribution in [2.45, 2.75) is 6.04 Å². The number of phenols is 2. The standard InChI is InChI=1S/C12H9N3O.C7H6O4/c13-7-5-6-10-11(12(7)16)15-9-4-2-1-3-8(9)14-10;8-4-1-2-6(9)5(3-4)7(10)11/h1-7H,13H2;1-3,8-9H,(H,10,11). The molecule has 0 saturated carbocycles. The highest BCUT2D eigenvalue weighted by Crippen LogP contribution is 2.21. The summed E-state index contributed by atoms with van der Waals surface area (Å²) in [7, 11) is 0. The zero-order valence-electron chi connectivity index (χ0n) is 13.9. The second-order valence-corrected chi connectivity index (χ2v) is 5.70. The summed E-state index contributed by atoms with van der Waals surface area (Å²) in [6.45, 7) is 0. The van der Waals surface area contributed by atoms with Crippen LogP contribution >= 0.6 is 0 Å². The molecule has 1 unspecified atom stereocenters. The number of phenolic OH excluding ortho intramolecular Hbond substituents is 1. The van der Waals surface area contributed by atoms with E-state index in [-0.39, 0.29) is 22.8 Å². The Labute approximate surface area is 153 Å². The summed E-state index contributed by atoms with van der Waals surface area (Å²) in [5.41, 5.74) is 7.81. The van der Waals surface area contributed by atoms with Crippen LogP contribution in [0, 0.1) is 0 Å². The van der Waals surface area contributed by atoms with Gasteiger partial charge in [0.05, 0.1) is 22.8 Å². The smallest absolute Gasteiger partial charge is 0.339 e. The Bertz CT molecular complexity index is 1080.